The Kier molecular flexibility index (Phi) is 7.49. The van der Waals surface area contributed by atoms with Crippen LogP contribution in [0.1, 0.15) is 51.4 Å². The van der Waals surface area contributed by atoms with Crippen molar-refractivity contribution in [1.82, 2.24) is 9.80 Å². The summed E-state index contributed by atoms with van der Waals surface area (Å²) in [6, 6.07) is 0. The van der Waals surface area contributed by atoms with Crippen LogP contribution in [-0.4, -0.2) is 73.2 Å². The molecule has 0 aromatic heterocycles. The van der Waals surface area contributed by atoms with Gasteiger partial charge in [-0.25, -0.2) is 0 Å². The van der Waals surface area contributed by atoms with E-state index in [2.05, 4.69) is 4.90 Å². The highest BCUT2D eigenvalue weighted by Crippen LogP contribution is 2.35. The maximum absolute atomic E-state index is 12.6. The van der Waals surface area contributed by atoms with Gasteiger partial charge in [-0.15, -0.1) is 0 Å². The van der Waals surface area contributed by atoms with Crippen LogP contribution in [0.5, 0.6) is 0 Å². The highest BCUT2D eigenvalue weighted by atomic mass is 16.5. The predicted molar refractivity (Wildman–Crippen MR) is 91.9 cm³/mol. The van der Waals surface area contributed by atoms with Crippen LogP contribution >= 0.6 is 0 Å². The number of methoxy groups -OCH3 is 1. The van der Waals surface area contributed by atoms with Gasteiger partial charge < -0.3 is 14.7 Å². The van der Waals surface area contributed by atoms with Crippen molar-refractivity contribution >= 4 is 11.9 Å². The first-order valence-corrected chi connectivity index (χ1v) is 9.30. The first-order valence-electron chi connectivity index (χ1n) is 9.30. The van der Waals surface area contributed by atoms with Crippen LogP contribution in [0, 0.1) is 5.41 Å². The molecule has 1 N–H and O–H groups in total. The Morgan fingerprint density at radius 2 is 1.79 bits per heavy atom. The standard InChI is InChI=1S/C18H32N2O4/c1-24-13-7-9-18(17(22)23)8-6-10-19(15-18)14-16(21)20-11-4-2-3-5-12-20/h2-15H2,1H3,(H,22,23)/t18-/m0/s1. The summed E-state index contributed by atoms with van der Waals surface area (Å²) in [6.07, 6.45) is 7.47. The zero-order chi connectivity index (χ0) is 17.4. The minimum atomic E-state index is -0.731. The lowest BCUT2D eigenvalue weighted by atomic mass is 9.76. The van der Waals surface area contributed by atoms with Gasteiger partial charge in [0.15, 0.2) is 0 Å². The second kappa shape index (κ2) is 9.37. The smallest absolute Gasteiger partial charge is 0.310 e. The molecule has 2 saturated heterocycles. The number of piperidine rings is 1. The predicted octanol–water partition coefficient (Wildman–Crippen LogP) is 1.98. The van der Waals surface area contributed by atoms with Gasteiger partial charge in [-0.2, -0.15) is 0 Å². The Bertz CT molecular complexity index is 421. The molecule has 2 heterocycles. The number of carboxylic acids is 1. The molecule has 1 atom stereocenters. The lowest BCUT2D eigenvalue weighted by molar-refractivity contribution is -0.154. The normalized spacial score (nSPS) is 26.1. The Labute approximate surface area is 145 Å². The van der Waals surface area contributed by atoms with E-state index in [-0.39, 0.29) is 5.91 Å². The third-order valence-corrected chi connectivity index (χ3v) is 5.43. The molecule has 0 aromatic rings. The van der Waals surface area contributed by atoms with Crippen LogP contribution in [0.2, 0.25) is 0 Å². The molecule has 6 heteroatoms. The number of hydrogen-bond donors (Lipinski definition) is 1. The highest BCUT2D eigenvalue weighted by Gasteiger charge is 2.42. The molecule has 0 saturated carbocycles. The van der Waals surface area contributed by atoms with Gasteiger partial charge in [-0.3, -0.25) is 14.5 Å². The molecule has 0 radical (unpaired) electrons. The van der Waals surface area contributed by atoms with Crippen LogP contribution in [0.4, 0.5) is 0 Å². The van der Waals surface area contributed by atoms with E-state index in [1.807, 2.05) is 4.90 Å². The molecule has 2 fully saturated rings. The maximum Gasteiger partial charge on any atom is 0.310 e. The van der Waals surface area contributed by atoms with Gasteiger partial charge in [0.05, 0.1) is 12.0 Å². The number of aliphatic carboxylic acids is 1. The lowest BCUT2D eigenvalue weighted by Gasteiger charge is -2.40. The molecule has 0 spiro atoms. The molecule has 6 nitrogen and oxygen atoms in total. The van der Waals surface area contributed by atoms with E-state index in [9.17, 15) is 14.7 Å². The van der Waals surface area contributed by atoms with Gasteiger partial charge >= 0.3 is 5.97 Å². The summed E-state index contributed by atoms with van der Waals surface area (Å²) in [5.41, 5.74) is -0.726. The lowest BCUT2D eigenvalue weighted by Crippen LogP contribution is -2.51. The molecule has 0 aliphatic carbocycles. The van der Waals surface area contributed by atoms with Crippen LogP contribution in [0.25, 0.3) is 0 Å². The first kappa shape index (κ1) is 19.2. The zero-order valence-corrected chi connectivity index (χ0v) is 15.0. The topological polar surface area (TPSA) is 70.1 Å². The molecule has 2 aliphatic heterocycles. The van der Waals surface area contributed by atoms with Crippen LogP contribution < -0.4 is 0 Å². The van der Waals surface area contributed by atoms with Crippen molar-refractivity contribution in [3.63, 3.8) is 0 Å². The molecule has 0 unspecified atom stereocenters. The second-order valence-corrected chi connectivity index (χ2v) is 7.29. The van der Waals surface area contributed by atoms with E-state index in [1.165, 1.54) is 12.8 Å². The number of carbonyl (C=O) groups is 2. The number of nitrogens with zero attached hydrogens (tertiary/aromatic N) is 2. The Hall–Kier alpha value is -1.14. The summed E-state index contributed by atoms with van der Waals surface area (Å²) >= 11 is 0. The monoisotopic (exact) mass is 340 g/mol. The van der Waals surface area contributed by atoms with E-state index in [0.717, 1.165) is 45.3 Å². The van der Waals surface area contributed by atoms with Gasteiger partial charge in [0, 0.05) is 33.4 Å². The van der Waals surface area contributed by atoms with Gasteiger partial charge in [0.2, 0.25) is 5.91 Å². The molecule has 1 amide bonds. The van der Waals surface area contributed by atoms with Crippen molar-refractivity contribution < 1.29 is 19.4 Å². The average molecular weight is 340 g/mol. The second-order valence-electron chi connectivity index (χ2n) is 7.29. The van der Waals surface area contributed by atoms with Crippen molar-refractivity contribution in [2.24, 2.45) is 5.41 Å². The molecule has 2 aliphatic rings. The quantitative estimate of drug-likeness (QED) is 0.718. The van der Waals surface area contributed by atoms with E-state index in [1.54, 1.807) is 7.11 Å². The summed E-state index contributed by atoms with van der Waals surface area (Å²) in [7, 11) is 1.64. The third-order valence-electron chi connectivity index (χ3n) is 5.43. The fourth-order valence-corrected chi connectivity index (χ4v) is 4.01. The highest BCUT2D eigenvalue weighted by molar-refractivity contribution is 5.79. The van der Waals surface area contributed by atoms with Crippen LogP contribution in [0.3, 0.4) is 0 Å². The summed E-state index contributed by atoms with van der Waals surface area (Å²) in [5, 5.41) is 9.76. The fourth-order valence-electron chi connectivity index (χ4n) is 4.01. The van der Waals surface area contributed by atoms with Crippen molar-refractivity contribution in [2.75, 3.05) is 46.4 Å². The van der Waals surface area contributed by atoms with Crippen molar-refractivity contribution in [3.8, 4) is 0 Å². The number of hydrogen-bond acceptors (Lipinski definition) is 4. The van der Waals surface area contributed by atoms with Gasteiger partial charge in [-0.1, -0.05) is 12.8 Å². The van der Waals surface area contributed by atoms with Gasteiger partial charge in [-0.05, 0) is 45.1 Å². The number of carboxylic acid groups (broad SMARTS) is 1. The average Bonchev–Trinajstić information content (AvgIpc) is 2.84. The van der Waals surface area contributed by atoms with Gasteiger partial charge in [0.25, 0.3) is 0 Å². The summed E-state index contributed by atoms with van der Waals surface area (Å²) < 4.78 is 5.07. The largest absolute Gasteiger partial charge is 0.481 e. The zero-order valence-electron chi connectivity index (χ0n) is 15.0. The Morgan fingerprint density at radius 3 is 2.42 bits per heavy atom. The minimum absolute atomic E-state index is 0.162. The van der Waals surface area contributed by atoms with E-state index >= 15 is 0 Å². The minimum Gasteiger partial charge on any atom is -0.481 e. The molecule has 138 valence electrons. The van der Waals surface area contributed by atoms with Gasteiger partial charge in [0.1, 0.15) is 0 Å². The van der Waals surface area contributed by atoms with Crippen molar-refractivity contribution in [3.05, 3.63) is 0 Å². The molecule has 2 rings (SSSR count). The van der Waals surface area contributed by atoms with Crippen molar-refractivity contribution in [1.29, 1.82) is 0 Å². The van der Waals surface area contributed by atoms with Crippen LogP contribution in [-0.2, 0) is 14.3 Å². The maximum atomic E-state index is 12.6. The third kappa shape index (κ3) is 5.18. The van der Waals surface area contributed by atoms with Crippen LogP contribution in [0.15, 0.2) is 0 Å². The first-order chi connectivity index (χ1) is 11.6. The van der Waals surface area contributed by atoms with E-state index in [0.29, 0.717) is 32.5 Å². The Balaban J connectivity index is 1.92. The molecular weight excluding hydrogens is 308 g/mol. The van der Waals surface area contributed by atoms with Crippen molar-refractivity contribution in [2.45, 2.75) is 51.4 Å². The number of carbonyl (C=O) groups excluding carboxylic acids is 1. The summed E-state index contributed by atoms with van der Waals surface area (Å²) in [5.74, 6) is -0.569. The molecular formula is C18H32N2O4. The number of rotatable bonds is 7. The molecule has 24 heavy (non-hydrogen) atoms. The SMILES string of the molecule is COCCC[C@@]1(C(=O)O)CCCN(CC(=O)N2CCCCCC2)C1. The molecule has 0 aromatic carbocycles. The number of amides is 1. The summed E-state index contributed by atoms with van der Waals surface area (Å²) in [4.78, 5) is 28.5. The van der Waals surface area contributed by atoms with E-state index < -0.39 is 11.4 Å². The molecule has 0 bridgehead atoms. The van der Waals surface area contributed by atoms with E-state index in [4.69, 9.17) is 4.74 Å². The number of likely N-dealkylation sites (tertiary alicyclic amines) is 2. The number of ether oxygens (including phenoxy) is 1. The fraction of sp³-hybridized carbons (Fsp3) is 0.889. The summed E-state index contributed by atoms with van der Waals surface area (Å²) in [6.45, 7) is 3.95. The Morgan fingerprint density at radius 1 is 1.08 bits per heavy atom.